The van der Waals surface area contributed by atoms with Crippen LogP contribution in [0.1, 0.15) is 0 Å². The zero-order chi connectivity index (χ0) is 12.8. The first-order valence-corrected chi connectivity index (χ1v) is 5.17. The third-order valence-corrected chi connectivity index (χ3v) is 2.21. The zero-order valence-electron chi connectivity index (χ0n) is 10.3. The van der Waals surface area contributed by atoms with Crippen molar-refractivity contribution in [2.24, 2.45) is 5.18 Å². The highest BCUT2D eigenvalue weighted by Gasteiger charge is 2.10. The average molecular weight is 239 g/mol. The Morgan fingerprint density at radius 2 is 2.06 bits per heavy atom. The highest BCUT2D eigenvalue weighted by Crippen LogP contribution is 2.36. The minimum atomic E-state index is 0.182. The van der Waals surface area contributed by atoms with E-state index in [0.29, 0.717) is 23.8 Å². The van der Waals surface area contributed by atoms with E-state index < -0.39 is 0 Å². The van der Waals surface area contributed by atoms with Crippen molar-refractivity contribution in [3.63, 3.8) is 0 Å². The van der Waals surface area contributed by atoms with Crippen LogP contribution in [0, 0.1) is 4.91 Å². The first kappa shape index (κ1) is 13.2. The molecule has 0 unspecified atom stereocenters. The Balaban J connectivity index is 2.84. The van der Waals surface area contributed by atoms with Crippen molar-refractivity contribution in [3.8, 4) is 11.5 Å². The number of ether oxygens (including phenoxy) is 2. The molecule has 1 aromatic rings. The Morgan fingerprint density at radius 3 is 2.59 bits per heavy atom. The van der Waals surface area contributed by atoms with Gasteiger partial charge in [0.15, 0.2) is 11.4 Å². The van der Waals surface area contributed by atoms with Crippen molar-refractivity contribution in [3.05, 3.63) is 17.0 Å². The predicted molar refractivity (Wildman–Crippen MR) is 66.9 cm³/mol. The molecule has 0 atom stereocenters. The molecule has 0 spiro atoms. The summed E-state index contributed by atoms with van der Waals surface area (Å²) in [5, 5.41) is 2.88. The molecule has 6 heteroatoms. The van der Waals surface area contributed by atoms with Crippen LogP contribution < -0.4 is 15.2 Å². The highest BCUT2D eigenvalue weighted by atomic mass is 16.5. The third-order valence-electron chi connectivity index (χ3n) is 2.21. The largest absolute Gasteiger partial charge is 0.494 e. The Labute approximate surface area is 100 Å². The van der Waals surface area contributed by atoms with Gasteiger partial charge in [-0.1, -0.05) is 0 Å². The molecule has 6 nitrogen and oxygen atoms in total. The maximum atomic E-state index is 10.6. The summed E-state index contributed by atoms with van der Waals surface area (Å²) < 4.78 is 10.5. The molecular formula is C11H17N3O3. The van der Waals surface area contributed by atoms with Crippen molar-refractivity contribution in [2.75, 3.05) is 40.1 Å². The van der Waals surface area contributed by atoms with Crippen molar-refractivity contribution in [1.82, 2.24) is 4.90 Å². The molecule has 0 bridgehead atoms. The summed E-state index contributed by atoms with van der Waals surface area (Å²) in [6, 6.07) is 3.01. The van der Waals surface area contributed by atoms with Crippen LogP contribution in [0.3, 0.4) is 0 Å². The lowest BCUT2D eigenvalue weighted by Gasteiger charge is -2.13. The normalized spacial score (nSPS) is 10.4. The Bertz CT molecular complexity index is 394. The molecule has 0 heterocycles. The van der Waals surface area contributed by atoms with Gasteiger partial charge in [0.1, 0.15) is 12.4 Å². The molecule has 0 saturated heterocycles. The summed E-state index contributed by atoms with van der Waals surface area (Å²) >= 11 is 0. The molecule has 17 heavy (non-hydrogen) atoms. The summed E-state index contributed by atoms with van der Waals surface area (Å²) in [5.41, 5.74) is 6.21. The Hall–Kier alpha value is -1.82. The van der Waals surface area contributed by atoms with E-state index in [1.54, 1.807) is 6.07 Å². The van der Waals surface area contributed by atoms with Gasteiger partial charge in [-0.3, -0.25) is 0 Å². The minimum Gasteiger partial charge on any atom is -0.494 e. The van der Waals surface area contributed by atoms with E-state index in [-0.39, 0.29) is 5.69 Å². The van der Waals surface area contributed by atoms with Crippen LogP contribution in [0.4, 0.5) is 11.4 Å². The third kappa shape index (κ3) is 3.60. The zero-order valence-corrected chi connectivity index (χ0v) is 10.3. The molecule has 0 fully saturated rings. The molecule has 0 aliphatic rings. The summed E-state index contributed by atoms with van der Waals surface area (Å²) in [4.78, 5) is 12.6. The van der Waals surface area contributed by atoms with Gasteiger partial charge in [-0.2, -0.15) is 0 Å². The van der Waals surface area contributed by atoms with E-state index in [2.05, 4.69) is 5.18 Å². The first-order valence-electron chi connectivity index (χ1n) is 5.17. The van der Waals surface area contributed by atoms with Crippen LogP contribution in [-0.2, 0) is 0 Å². The molecule has 0 aromatic heterocycles. The fourth-order valence-electron chi connectivity index (χ4n) is 1.27. The van der Waals surface area contributed by atoms with Gasteiger partial charge in [-0.05, 0) is 25.3 Å². The number of hydrogen-bond acceptors (Lipinski definition) is 6. The SMILES string of the molecule is COc1cc(OCCN(C)C)c(N=O)cc1N. The molecule has 2 N–H and O–H groups in total. The van der Waals surface area contributed by atoms with Crippen molar-refractivity contribution < 1.29 is 9.47 Å². The molecular weight excluding hydrogens is 222 g/mol. The maximum Gasteiger partial charge on any atom is 0.152 e. The van der Waals surface area contributed by atoms with Gasteiger partial charge in [0, 0.05) is 12.6 Å². The lowest BCUT2D eigenvalue weighted by atomic mass is 10.2. The number of methoxy groups -OCH3 is 1. The van der Waals surface area contributed by atoms with Crippen molar-refractivity contribution >= 4 is 11.4 Å². The molecule has 0 aliphatic carbocycles. The van der Waals surface area contributed by atoms with Gasteiger partial charge in [-0.15, -0.1) is 4.91 Å². The molecule has 0 aliphatic heterocycles. The second-order valence-corrected chi connectivity index (χ2v) is 3.80. The van der Waals surface area contributed by atoms with Gasteiger partial charge < -0.3 is 20.1 Å². The van der Waals surface area contributed by atoms with Crippen LogP contribution in [0.5, 0.6) is 11.5 Å². The van der Waals surface area contributed by atoms with Crippen LogP contribution in [0.25, 0.3) is 0 Å². The fraction of sp³-hybridized carbons (Fsp3) is 0.455. The fourth-order valence-corrected chi connectivity index (χ4v) is 1.27. The quantitative estimate of drug-likeness (QED) is 0.603. The maximum absolute atomic E-state index is 10.6. The second-order valence-electron chi connectivity index (χ2n) is 3.80. The smallest absolute Gasteiger partial charge is 0.152 e. The Kier molecular flexibility index (Phi) is 4.71. The topological polar surface area (TPSA) is 77.2 Å². The van der Waals surface area contributed by atoms with Crippen LogP contribution >= 0.6 is 0 Å². The molecule has 0 amide bonds. The van der Waals surface area contributed by atoms with E-state index in [1.807, 2.05) is 19.0 Å². The lowest BCUT2D eigenvalue weighted by molar-refractivity contribution is 0.261. The van der Waals surface area contributed by atoms with E-state index in [1.165, 1.54) is 13.2 Å². The van der Waals surface area contributed by atoms with Gasteiger partial charge in [-0.25, -0.2) is 0 Å². The number of nitrogen functional groups attached to an aromatic ring is 1. The number of nitrogens with zero attached hydrogens (tertiary/aromatic N) is 2. The summed E-state index contributed by atoms with van der Waals surface area (Å²) in [5.74, 6) is 0.852. The predicted octanol–water partition coefficient (Wildman–Crippen LogP) is 1.62. The van der Waals surface area contributed by atoms with E-state index in [9.17, 15) is 4.91 Å². The summed E-state index contributed by atoms with van der Waals surface area (Å²) in [7, 11) is 5.38. The van der Waals surface area contributed by atoms with Gasteiger partial charge in [0.05, 0.1) is 12.8 Å². The van der Waals surface area contributed by atoms with Gasteiger partial charge in [0.25, 0.3) is 0 Å². The van der Waals surface area contributed by atoms with Crippen molar-refractivity contribution in [1.29, 1.82) is 0 Å². The van der Waals surface area contributed by atoms with E-state index >= 15 is 0 Å². The van der Waals surface area contributed by atoms with Gasteiger partial charge >= 0.3 is 0 Å². The summed E-state index contributed by atoms with van der Waals surface area (Å²) in [6.45, 7) is 1.20. The van der Waals surface area contributed by atoms with Crippen LogP contribution in [-0.4, -0.2) is 39.3 Å². The number of nitrogens with two attached hydrogens (primary N) is 1. The standard InChI is InChI=1S/C11H17N3O3/c1-14(2)4-5-17-11-7-10(16-3)8(12)6-9(11)13-15/h6-7H,4-5,12H2,1-3H3. The number of nitroso groups, excluding NO2 is 1. The van der Waals surface area contributed by atoms with E-state index in [0.717, 1.165) is 6.54 Å². The Morgan fingerprint density at radius 1 is 1.35 bits per heavy atom. The first-order chi connectivity index (χ1) is 8.08. The monoisotopic (exact) mass is 239 g/mol. The molecule has 1 rings (SSSR count). The number of hydrogen-bond donors (Lipinski definition) is 1. The van der Waals surface area contributed by atoms with Crippen LogP contribution in [0.15, 0.2) is 17.3 Å². The minimum absolute atomic E-state index is 0.182. The molecule has 0 radical (unpaired) electrons. The number of benzene rings is 1. The van der Waals surface area contributed by atoms with Crippen molar-refractivity contribution in [2.45, 2.75) is 0 Å². The lowest BCUT2D eigenvalue weighted by Crippen LogP contribution is -2.19. The average Bonchev–Trinajstić information content (AvgIpc) is 2.30. The molecule has 94 valence electrons. The highest BCUT2D eigenvalue weighted by molar-refractivity contribution is 5.67. The van der Waals surface area contributed by atoms with Crippen LogP contribution in [0.2, 0.25) is 0 Å². The second kappa shape index (κ2) is 6.05. The van der Waals surface area contributed by atoms with Gasteiger partial charge in [0.2, 0.25) is 0 Å². The number of rotatable bonds is 6. The molecule has 1 aromatic carbocycles. The molecule has 0 saturated carbocycles. The number of likely N-dealkylation sites (N-methyl/N-ethyl adjacent to an activating group) is 1. The summed E-state index contributed by atoms with van der Waals surface area (Å²) in [6.07, 6.45) is 0. The van der Waals surface area contributed by atoms with E-state index in [4.69, 9.17) is 15.2 Å². The number of anilines is 1.